The van der Waals surface area contributed by atoms with E-state index in [9.17, 15) is 0 Å². The Balaban J connectivity index is 4.25. The zero-order chi connectivity index (χ0) is 23.2. The van der Waals surface area contributed by atoms with Gasteiger partial charge >= 0.3 is 0 Å². The maximum absolute atomic E-state index is 2.42. The van der Waals surface area contributed by atoms with Crippen molar-refractivity contribution in [3.63, 3.8) is 0 Å². The number of hydrogen-bond donors (Lipinski definition) is 0. The molecule has 0 radical (unpaired) electrons. The highest BCUT2D eigenvalue weighted by atomic mass is 14.3. The van der Waals surface area contributed by atoms with Crippen LogP contribution < -0.4 is 0 Å². The van der Waals surface area contributed by atoms with Gasteiger partial charge in [-0.15, -0.1) is 0 Å². The lowest BCUT2D eigenvalue weighted by atomic mass is 9.75. The molecule has 0 spiro atoms. The number of rotatable bonds is 9. The first-order valence-electron chi connectivity index (χ1n) is 12.2. The molecule has 0 bridgehead atoms. The molecule has 0 heteroatoms. The van der Waals surface area contributed by atoms with Gasteiger partial charge in [0, 0.05) is 0 Å². The summed E-state index contributed by atoms with van der Waals surface area (Å²) >= 11 is 0. The summed E-state index contributed by atoms with van der Waals surface area (Å²) in [7, 11) is 0. The van der Waals surface area contributed by atoms with Crippen molar-refractivity contribution in [3.05, 3.63) is 51.6 Å². The van der Waals surface area contributed by atoms with E-state index < -0.39 is 0 Å². The van der Waals surface area contributed by atoms with Crippen molar-refractivity contribution in [2.24, 2.45) is 17.8 Å². The standard InChI is InChI=1S/C30H48/c1-19(2)13-16-25-28(22(7)8)26(17-14-20(3)4)30(24(11)12)27(18-15-21(5)6)29(25)23(9)10/h13-24H,1-12H3/b16-13+,17-14+,18-15+. The first-order chi connectivity index (χ1) is 13.9. The van der Waals surface area contributed by atoms with Gasteiger partial charge in [0.05, 0.1) is 0 Å². The van der Waals surface area contributed by atoms with Crippen molar-refractivity contribution < 1.29 is 0 Å². The number of benzene rings is 1. The normalized spacial score (nSPS) is 13.4. The van der Waals surface area contributed by atoms with E-state index in [1.54, 1.807) is 0 Å². The van der Waals surface area contributed by atoms with Gasteiger partial charge in [-0.2, -0.15) is 0 Å². The lowest BCUT2D eigenvalue weighted by molar-refractivity contribution is 0.789. The summed E-state index contributed by atoms with van der Waals surface area (Å²) in [5.41, 5.74) is 8.88. The molecule has 0 aromatic heterocycles. The minimum atomic E-state index is 0.474. The predicted octanol–water partition coefficient (Wildman–Crippen LogP) is 10.1. The second kappa shape index (κ2) is 11.7. The lowest BCUT2D eigenvalue weighted by Gasteiger charge is -2.29. The van der Waals surface area contributed by atoms with Crippen LogP contribution >= 0.6 is 0 Å². The summed E-state index contributed by atoms with van der Waals surface area (Å²) in [5.74, 6) is 3.04. The second-order valence-corrected chi connectivity index (χ2v) is 10.8. The van der Waals surface area contributed by atoms with Crippen molar-refractivity contribution in [2.75, 3.05) is 0 Å². The van der Waals surface area contributed by atoms with Crippen molar-refractivity contribution in [1.29, 1.82) is 0 Å². The van der Waals surface area contributed by atoms with Crippen molar-refractivity contribution in [2.45, 2.75) is 101 Å². The molecule has 0 fully saturated rings. The first kappa shape index (κ1) is 26.5. The first-order valence-corrected chi connectivity index (χ1v) is 12.2. The maximum Gasteiger partial charge on any atom is -0.0178 e. The molecule has 0 aliphatic heterocycles. The monoisotopic (exact) mass is 408 g/mol. The minimum absolute atomic E-state index is 0.474. The van der Waals surface area contributed by atoms with Gasteiger partial charge in [-0.05, 0) is 68.9 Å². The third kappa shape index (κ3) is 7.00. The van der Waals surface area contributed by atoms with Crippen LogP contribution in [0.4, 0.5) is 0 Å². The van der Waals surface area contributed by atoms with Gasteiger partial charge < -0.3 is 0 Å². The van der Waals surface area contributed by atoms with Crippen LogP contribution in [0.1, 0.15) is 134 Å². The van der Waals surface area contributed by atoms with Crippen molar-refractivity contribution >= 4 is 18.2 Å². The van der Waals surface area contributed by atoms with Gasteiger partial charge in [0.1, 0.15) is 0 Å². The zero-order valence-corrected chi connectivity index (χ0v) is 21.9. The molecule has 1 rings (SSSR count). The molecular weight excluding hydrogens is 360 g/mol. The van der Waals surface area contributed by atoms with E-state index in [-0.39, 0.29) is 0 Å². The van der Waals surface area contributed by atoms with E-state index in [1.807, 2.05) is 0 Å². The second-order valence-electron chi connectivity index (χ2n) is 10.8. The lowest BCUT2D eigenvalue weighted by Crippen LogP contribution is -2.12. The quantitative estimate of drug-likeness (QED) is 0.381. The molecule has 0 atom stereocenters. The summed E-state index contributed by atoms with van der Waals surface area (Å²) in [6, 6.07) is 0. The Kier molecular flexibility index (Phi) is 10.4. The van der Waals surface area contributed by atoms with Crippen LogP contribution in [0.25, 0.3) is 18.2 Å². The van der Waals surface area contributed by atoms with Crippen LogP contribution in [-0.4, -0.2) is 0 Å². The molecule has 0 saturated heterocycles. The maximum atomic E-state index is 2.42. The summed E-state index contributed by atoms with van der Waals surface area (Å²) in [5, 5.41) is 0. The highest BCUT2D eigenvalue weighted by molar-refractivity contribution is 5.78. The third-order valence-corrected chi connectivity index (χ3v) is 5.42. The van der Waals surface area contributed by atoms with Gasteiger partial charge in [0.15, 0.2) is 0 Å². The fraction of sp³-hybridized carbons (Fsp3) is 0.600. The highest BCUT2D eigenvalue weighted by Gasteiger charge is 2.24. The molecular formula is C30H48. The molecule has 0 aliphatic carbocycles. The van der Waals surface area contributed by atoms with E-state index in [0.29, 0.717) is 35.5 Å². The average molecular weight is 409 g/mol. The molecule has 30 heavy (non-hydrogen) atoms. The molecule has 0 amide bonds. The van der Waals surface area contributed by atoms with Crippen LogP contribution in [0.2, 0.25) is 0 Å². The number of allylic oxidation sites excluding steroid dienone is 3. The average Bonchev–Trinajstić information content (AvgIpc) is 2.60. The Morgan fingerprint density at radius 3 is 0.700 bits per heavy atom. The van der Waals surface area contributed by atoms with Gasteiger partial charge in [-0.3, -0.25) is 0 Å². The summed E-state index contributed by atoms with van der Waals surface area (Å²) in [6.07, 6.45) is 14.4. The Labute approximate surface area is 188 Å². The van der Waals surface area contributed by atoms with Crippen LogP contribution in [0.15, 0.2) is 18.2 Å². The molecule has 0 heterocycles. The van der Waals surface area contributed by atoms with Gasteiger partial charge in [0.25, 0.3) is 0 Å². The molecule has 168 valence electrons. The Bertz CT molecular complexity index is 636. The Morgan fingerprint density at radius 2 is 0.567 bits per heavy atom. The Hall–Kier alpha value is -1.56. The fourth-order valence-electron chi connectivity index (χ4n) is 4.14. The smallest absolute Gasteiger partial charge is 0.0178 e. The summed E-state index contributed by atoms with van der Waals surface area (Å²) in [4.78, 5) is 0. The largest absolute Gasteiger partial charge is 0.0814 e. The van der Waals surface area contributed by atoms with Crippen molar-refractivity contribution in [3.8, 4) is 0 Å². The minimum Gasteiger partial charge on any atom is -0.0814 e. The van der Waals surface area contributed by atoms with Crippen molar-refractivity contribution in [1.82, 2.24) is 0 Å². The molecule has 0 unspecified atom stereocenters. The molecule has 0 aliphatic rings. The molecule has 0 N–H and O–H groups in total. The zero-order valence-electron chi connectivity index (χ0n) is 21.9. The molecule has 0 nitrogen and oxygen atoms in total. The van der Waals surface area contributed by atoms with E-state index in [1.165, 1.54) is 33.4 Å². The van der Waals surface area contributed by atoms with Crippen LogP contribution in [0, 0.1) is 17.8 Å². The van der Waals surface area contributed by atoms with E-state index in [0.717, 1.165) is 0 Å². The summed E-state index contributed by atoms with van der Waals surface area (Å²) in [6.45, 7) is 27.7. The summed E-state index contributed by atoms with van der Waals surface area (Å²) < 4.78 is 0. The fourth-order valence-corrected chi connectivity index (χ4v) is 4.14. The number of hydrogen-bond acceptors (Lipinski definition) is 0. The van der Waals surface area contributed by atoms with E-state index >= 15 is 0 Å². The molecule has 1 aromatic rings. The molecule has 0 saturated carbocycles. The SMILES string of the molecule is CC(C)/C=C/c1c(C(C)C)c(/C=C/C(C)C)c(C(C)C)c(/C=C/C(C)C)c1C(C)C. The third-order valence-electron chi connectivity index (χ3n) is 5.42. The van der Waals surface area contributed by atoms with E-state index in [4.69, 9.17) is 0 Å². The predicted molar refractivity (Wildman–Crippen MR) is 140 cm³/mol. The van der Waals surface area contributed by atoms with Gasteiger partial charge in [0.2, 0.25) is 0 Å². The van der Waals surface area contributed by atoms with Crippen LogP contribution in [-0.2, 0) is 0 Å². The van der Waals surface area contributed by atoms with Gasteiger partial charge in [-0.25, -0.2) is 0 Å². The van der Waals surface area contributed by atoms with E-state index in [2.05, 4.69) is 120 Å². The topological polar surface area (TPSA) is 0 Å². The van der Waals surface area contributed by atoms with Gasteiger partial charge in [-0.1, -0.05) is 120 Å². The molecule has 1 aromatic carbocycles. The van der Waals surface area contributed by atoms with Crippen LogP contribution in [0.3, 0.4) is 0 Å². The van der Waals surface area contributed by atoms with Crippen LogP contribution in [0.5, 0.6) is 0 Å². The highest BCUT2D eigenvalue weighted by Crippen LogP contribution is 2.42. The Morgan fingerprint density at radius 1 is 0.367 bits per heavy atom.